The summed E-state index contributed by atoms with van der Waals surface area (Å²) >= 11 is 10.8. The molecule has 0 bridgehead atoms. The minimum absolute atomic E-state index is 0.135. The molecule has 1 amide bonds. The van der Waals surface area contributed by atoms with Crippen molar-refractivity contribution in [2.24, 2.45) is 0 Å². The number of hydrogen-bond donors (Lipinski definition) is 1. The molecule has 3 rings (SSSR count). The highest BCUT2D eigenvalue weighted by molar-refractivity contribution is 9.10. The second-order valence-electron chi connectivity index (χ2n) is 7.61. The molecule has 0 aliphatic rings. The number of carbonyl (C=O) groups is 1. The third-order valence-electron chi connectivity index (χ3n) is 4.82. The summed E-state index contributed by atoms with van der Waals surface area (Å²) in [5, 5.41) is 12.5. The number of hydrogen-bond acceptors (Lipinski definition) is 6. The molecule has 1 N–H and O–H groups in total. The Morgan fingerprint density at radius 2 is 2.03 bits per heavy atom. The summed E-state index contributed by atoms with van der Waals surface area (Å²) in [6, 6.07) is 11.0. The van der Waals surface area contributed by atoms with Crippen LogP contribution < -0.4 is 14.8 Å². The topological polar surface area (TPSA) is 78.3 Å². The second kappa shape index (κ2) is 12.3. The fraction of sp³-hybridized carbons (Fsp3) is 0.292. The lowest BCUT2D eigenvalue weighted by Crippen LogP contribution is -2.15. The monoisotopic (exact) mass is 564 g/mol. The normalized spacial score (nSPS) is 10.9. The Bertz CT molecular complexity index is 1170. The Labute approximate surface area is 217 Å². The van der Waals surface area contributed by atoms with Crippen LogP contribution in [0.25, 0.3) is 0 Å². The maximum atomic E-state index is 12.5. The van der Waals surface area contributed by atoms with Crippen LogP contribution in [0.15, 0.2) is 58.7 Å². The lowest BCUT2D eigenvalue weighted by Gasteiger charge is -2.15. The molecule has 1 heterocycles. The van der Waals surface area contributed by atoms with Gasteiger partial charge in [-0.05, 0) is 47.9 Å². The average molecular weight is 566 g/mol. The van der Waals surface area contributed by atoms with Crippen molar-refractivity contribution in [1.29, 1.82) is 0 Å². The van der Waals surface area contributed by atoms with E-state index in [1.54, 1.807) is 24.3 Å². The van der Waals surface area contributed by atoms with Crippen molar-refractivity contribution in [3.8, 4) is 11.5 Å². The van der Waals surface area contributed by atoms with Gasteiger partial charge < -0.3 is 14.8 Å². The van der Waals surface area contributed by atoms with Crippen LogP contribution in [0.1, 0.15) is 31.2 Å². The van der Waals surface area contributed by atoms with Gasteiger partial charge in [0.2, 0.25) is 5.91 Å². The maximum absolute atomic E-state index is 12.5. The van der Waals surface area contributed by atoms with Gasteiger partial charge in [0.1, 0.15) is 18.1 Å². The molecule has 0 aliphatic carbocycles. The van der Waals surface area contributed by atoms with E-state index in [2.05, 4.69) is 57.9 Å². The standard InChI is InChI=1S/C24H26BrClN4O3S/c1-5-10-30-22(13-33-20-8-6-16(25)11-18(20)15(2)3)28-29-24(30)34-14-23(31)27-19-12-17(26)7-9-21(19)32-4/h5-9,11-12,15H,1,10,13-14H2,2-4H3,(H,27,31). The first-order chi connectivity index (χ1) is 16.3. The number of nitrogens with zero attached hydrogens (tertiary/aromatic N) is 3. The minimum atomic E-state index is -0.215. The lowest BCUT2D eigenvalue weighted by atomic mass is 10.0. The van der Waals surface area contributed by atoms with E-state index in [1.165, 1.54) is 18.9 Å². The Morgan fingerprint density at radius 3 is 2.74 bits per heavy atom. The van der Waals surface area contributed by atoms with Crippen molar-refractivity contribution in [1.82, 2.24) is 14.8 Å². The molecule has 0 spiro atoms. The average Bonchev–Trinajstić information content (AvgIpc) is 3.18. The smallest absolute Gasteiger partial charge is 0.234 e. The molecule has 7 nitrogen and oxygen atoms in total. The fourth-order valence-corrected chi connectivity index (χ4v) is 4.50. The number of aromatic nitrogens is 3. The molecule has 0 radical (unpaired) electrons. The first-order valence-corrected chi connectivity index (χ1v) is 12.7. The number of ether oxygens (including phenoxy) is 2. The van der Waals surface area contributed by atoms with Crippen LogP contribution in [0.4, 0.5) is 5.69 Å². The van der Waals surface area contributed by atoms with E-state index in [0.717, 1.165) is 15.8 Å². The zero-order valence-corrected chi connectivity index (χ0v) is 22.3. The molecule has 10 heteroatoms. The Kier molecular flexibility index (Phi) is 9.44. The van der Waals surface area contributed by atoms with Crippen LogP contribution in [0.5, 0.6) is 11.5 Å². The minimum Gasteiger partial charge on any atom is -0.495 e. The summed E-state index contributed by atoms with van der Waals surface area (Å²) in [6.45, 7) is 8.80. The summed E-state index contributed by atoms with van der Waals surface area (Å²) < 4.78 is 14.3. The number of anilines is 1. The molecule has 0 unspecified atom stereocenters. The van der Waals surface area contributed by atoms with E-state index < -0.39 is 0 Å². The number of allylic oxidation sites excluding steroid dienone is 1. The molecular weight excluding hydrogens is 540 g/mol. The highest BCUT2D eigenvalue weighted by atomic mass is 79.9. The molecule has 0 saturated heterocycles. The predicted molar refractivity (Wildman–Crippen MR) is 140 cm³/mol. The Hall–Kier alpha value is -2.49. The van der Waals surface area contributed by atoms with Crippen molar-refractivity contribution in [2.45, 2.75) is 38.1 Å². The summed E-state index contributed by atoms with van der Waals surface area (Å²) in [4.78, 5) is 12.5. The van der Waals surface area contributed by atoms with E-state index in [1.807, 2.05) is 16.7 Å². The highest BCUT2D eigenvalue weighted by Crippen LogP contribution is 2.31. The van der Waals surface area contributed by atoms with Crippen molar-refractivity contribution >= 4 is 50.9 Å². The molecule has 34 heavy (non-hydrogen) atoms. The first kappa shape index (κ1) is 26.1. The zero-order valence-electron chi connectivity index (χ0n) is 19.2. The Morgan fingerprint density at radius 1 is 1.26 bits per heavy atom. The summed E-state index contributed by atoms with van der Waals surface area (Å²) in [6.07, 6.45) is 1.76. The van der Waals surface area contributed by atoms with Crippen molar-refractivity contribution in [3.63, 3.8) is 0 Å². The first-order valence-electron chi connectivity index (χ1n) is 10.5. The molecule has 2 aromatic carbocycles. The number of halogens is 2. The largest absolute Gasteiger partial charge is 0.495 e. The van der Waals surface area contributed by atoms with Gasteiger partial charge in [0.05, 0.1) is 18.6 Å². The van der Waals surface area contributed by atoms with Gasteiger partial charge in [0, 0.05) is 16.0 Å². The van der Waals surface area contributed by atoms with E-state index >= 15 is 0 Å². The van der Waals surface area contributed by atoms with Crippen LogP contribution in [0.3, 0.4) is 0 Å². The molecule has 0 atom stereocenters. The van der Waals surface area contributed by atoms with Gasteiger partial charge in [0.25, 0.3) is 0 Å². The number of thioether (sulfide) groups is 1. The van der Waals surface area contributed by atoms with E-state index in [0.29, 0.717) is 39.9 Å². The molecule has 180 valence electrons. The summed E-state index contributed by atoms with van der Waals surface area (Å²) in [5.41, 5.74) is 1.62. The van der Waals surface area contributed by atoms with Crippen LogP contribution in [0, 0.1) is 0 Å². The second-order valence-corrected chi connectivity index (χ2v) is 9.90. The van der Waals surface area contributed by atoms with Gasteiger partial charge in [0.15, 0.2) is 11.0 Å². The number of carbonyl (C=O) groups excluding carboxylic acids is 1. The molecule has 3 aromatic rings. The van der Waals surface area contributed by atoms with Gasteiger partial charge in [-0.15, -0.1) is 16.8 Å². The fourth-order valence-electron chi connectivity index (χ4n) is 3.18. The predicted octanol–water partition coefficient (Wildman–Crippen LogP) is 6.32. The van der Waals surface area contributed by atoms with Crippen LogP contribution in [-0.2, 0) is 17.9 Å². The van der Waals surface area contributed by atoms with E-state index in [9.17, 15) is 4.79 Å². The van der Waals surface area contributed by atoms with Gasteiger partial charge >= 0.3 is 0 Å². The van der Waals surface area contributed by atoms with Crippen LogP contribution in [0.2, 0.25) is 5.02 Å². The lowest BCUT2D eigenvalue weighted by molar-refractivity contribution is -0.113. The third kappa shape index (κ3) is 6.77. The molecular formula is C24H26BrClN4O3S. The third-order valence-corrected chi connectivity index (χ3v) is 6.52. The van der Waals surface area contributed by atoms with Gasteiger partial charge in [-0.1, -0.05) is 59.2 Å². The number of benzene rings is 2. The molecule has 1 aromatic heterocycles. The number of methoxy groups -OCH3 is 1. The molecule has 0 saturated carbocycles. The summed E-state index contributed by atoms with van der Waals surface area (Å²) in [7, 11) is 1.54. The van der Waals surface area contributed by atoms with Crippen molar-refractivity contribution < 1.29 is 14.3 Å². The van der Waals surface area contributed by atoms with E-state index in [4.69, 9.17) is 21.1 Å². The Balaban J connectivity index is 1.68. The number of amides is 1. The zero-order chi connectivity index (χ0) is 24.7. The SMILES string of the molecule is C=CCn1c(COc2ccc(Br)cc2C(C)C)nnc1SCC(=O)Nc1cc(Cl)ccc1OC. The number of rotatable bonds is 11. The molecule has 0 fully saturated rings. The van der Waals surface area contributed by atoms with Crippen LogP contribution in [-0.4, -0.2) is 33.5 Å². The van der Waals surface area contributed by atoms with Crippen molar-refractivity contribution in [2.75, 3.05) is 18.2 Å². The molecule has 0 aliphatic heterocycles. The van der Waals surface area contributed by atoms with E-state index in [-0.39, 0.29) is 18.3 Å². The van der Waals surface area contributed by atoms with Gasteiger partial charge in [-0.2, -0.15) is 0 Å². The maximum Gasteiger partial charge on any atom is 0.234 e. The van der Waals surface area contributed by atoms with Gasteiger partial charge in [-0.3, -0.25) is 9.36 Å². The summed E-state index contributed by atoms with van der Waals surface area (Å²) in [5.74, 6) is 2.21. The van der Waals surface area contributed by atoms with Gasteiger partial charge in [-0.25, -0.2) is 0 Å². The quantitative estimate of drug-likeness (QED) is 0.216. The highest BCUT2D eigenvalue weighted by Gasteiger charge is 2.16. The van der Waals surface area contributed by atoms with Crippen LogP contribution >= 0.6 is 39.3 Å². The number of nitrogens with one attached hydrogen (secondary N) is 1. The van der Waals surface area contributed by atoms with Crippen molar-refractivity contribution in [3.05, 3.63) is 69.9 Å².